The third-order valence-electron chi connectivity index (χ3n) is 2.26. The van der Waals surface area contributed by atoms with Gasteiger partial charge in [0.05, 0.1) is 6.20 Å². The first-order valence-corrected chi connectivity index (χ1v) is 5.94. The summed E-state index contributed by atoms with van der Waals surface area (Å²) in [7, 11) is 0. The molecule has 1 heterocycles. The van der Waals surface area contributed by atoms with Crippen LogP contribution in [0.4, 0.5) is 15.9 Å². The van der Waals surface area contributed by atoms with Gasteiger partial charge >= 0.3 is 0 Å². The van der Waals surface area contributed by atoms with Crippen molar-refractivity contribution in [1.82, 2.24) is 9.97 Å². The normalized spacial score (nSPS) is 10.3. The summed E-state index contributed by atoms with van der Waals surface area (Å²) in [5, 5.41) is 3.08. The number of halogens is 2. The monoisotopic (exact) mass is 282 g/mol. The van der Waals surface area contributed by atoms with E-state index in [0.29, 0.717) is 18.1 Å². The molecule has 0 fully saturated rings. The Kier molecular flexibility index (Phi) is 4.48. The van der Waals surface area contributed by atoms with E-state index in [1.807, 2.05) is 0 Å². The Morgan fingerprint density at radius 1 is 1.42 bits per heavy atom. The van der Waals surface area contributed by atoms with E-state index >= 15 is 0 Å². The van der Waals surface area contributed by atoms with Crippen molar-refractivity contribution in [3.05, 3.63) is 41.6 Å². The van der Waals surface area contributed by atoms with Crippen LogP contribution in [0.25, 0.3) is 0 Å². The maximum absolute atomic E-state index is 13.8. The predicted octanol–water partition coefficient (Wildman–Crippen LogP) is 2.35. The molecule has 1 aromatic heterocycles. The second-order valence-corrected chi connectivity index (χ2v) is 4.00. The van der Waals surface area contributed by atoms with Crippen LogP contribution in [0.2, 0.25) is 5.02 Å². The van der Waals surface area contributed by atoms with Gasteiger partial charge in [0.25, 0.3) is 0 Å². The second kappa shape index (κ2) is 6.31. The van der Waals surface area contributed by atoms with Gasteiger partial charge in [-0.15, -0.1) is 0 Å². The van der Waals surface area contributed by atoms with Crippen LogP contribution >= 0.6 is 11.6 Å². The number of ether oxygens (including phenoxy) is 1. The van der Waals surface area contributed by atoms with E-state index in [9.17, 15) is 4.39 Å². The van der Waals surface area contributed by atoms with Gasteiger partial charge in [-0.3, -0.25) is 0 Å². The van der Waals surface area contributed by atoms with Crippen LogP contribution in [-0.4, -0.2) is 23.1 Å². The standard InChI is InChI=1S/C12H12ClFN4O/c13-8-6-16-7-17-12(8)18-11-9(14)2-1-3-10(11)19-5-4-15/h1-3,6-7H,4-5,15H2,(H,16,17,18). The van der Waals surface area contributed by atoms with Crippen molar-refractivity contribution < 1.29 is 9.13 Å². The van der Waals surface area contributed by atoms with E-state index in [4.69, 9.17) is 22.1 Å². The summed E-state index contributed by atoms with van der Waals surface area (Å²) < 4.78 is 19.2. The zero-order valence-corrected chi connectivity index (χ0v) is 10.7. The van der Waals surface area contributed by atoms with Gasteiger partial charge in [0.1, 0.15) is 29.4 Å². The Morgan fingerprint density at radius 2 is 2.26 bits per heavy atom. The maximum Gasteiger partial charge on any atom is 0.152 e. The van der Waals surface area contributed by atoms with Crippen LogP contribution in [0.5, 0.6) is 5.75 Å². The van der Waals surface area contributed by atoms with Crippen LogP contribution in [-0.2, 0) is 0 Å². The topological polar surface area (TPSA) is 73.1 Å². The van der Waals surface area contributed by atoms with E-state index in [1.54, 1.807) is 12.1 Å². The first kappa shape index (κ1) is 13.5. The molecular weight excluding hydrogens is 271 g/mol. The van der Waals surface area contributed by atoms with Gasteiger partial charge in [-0.1, -0.05) is 17.7 Å². The van der Waals surface area contributed by atoms with Crippen LogP contribution in [0.3, 0.4) is 0 Å². The molecule has 0 radical (unpaired) electrons. The van der Waals surface area contributed by atoms with Crippen LogP contribution < -0.4 is 15.8 Å². The quantitative estimate of drug-likeness (QED) is 0.881. The molecule has 0 unspecified atom stereocenters. The van der Waals surface area contributed by atoms with Gasteiger partial charge in [0.15, 0.2) is 11.6 Å². The molecule has 0 amide bonds. The summed E-state index contributed by atoms with van der Waals surface area (Å²) in [6.07, 6.45) is 2.73. The summed E-state index contributed by atoms with van der Waals surface area (Å²) >= 11 is 5.91. The van der Waals surface area contributed by atoms with Crippen molar-refractivity contribution in [2.24, 2.45) is 5.73 Å². The molecule has 0 saturated carbocycles. The minimum Gasteiger partial charge on any atom is -0.490 e. The largest absolute Gasteiger partial charge is 0.490 e. The van der Waals surface area contributed by atoms with Crippen molar-refractivity contribution in [2.45, 2.75) is 0 Å². The Bertz CT molecular complexity index is 567. The molecule has 0 aliphatic rings. The molecule has 2 rings (SSSR count). The lowest BCUT2D eigenvalue weighted by Gasteiger charge is -2.13. The van der Waals surface area contributed by atoms with Crippen LogP contribution in [0.1, 0.15) is 0 Å². The minimum absolute atomic E-state index is 0.163. The zero-order chi connectivity index (χ0) is 13.7. The number of para-hydroxylation sites is 1. The van der Waals surface area contributed by atoms with Gasteiger partial charge in [0.2, 0.25) is 0 Å². The summed E-state index contributed by atoms with van der Waals surface area (Å²) in [5.41, 5.74) is 5.52. The van der Waals surface area contributed by atoms with E-state index in [-0.39, 0.29) is 17.3 Å². The average molecular weight is 283 g/mol. The average Bonchev–Trinajstić information content (AvgIpc) is 2.41. The molecule has 100 valence electrons. The van der Waals surface area contributed by atoms with Gasteiger partial charge in [-0.25, -0.2) is 14.4 Å². The fourth-order valence-corrected chi connectivity index (χ4v) is 1.59. The highest BCUT2D eigenvalue weighted by Gasteiger charge is 2.12. The molecule has 19 heavy (non-hydrogen) atoms. The van der Waals surface area contributed by atoms with Crippen molar-refractivity contribution in [3.8, 4) is 5.75 Å². The molecule has 0 saturated heterocycles. The lowest BCUT2D eigenvalue weighted by Crippen LogP contribution is -2.12. The molecular formula is C12H12ClFN4O. The molecule has 1 aromatic carbocycles. The Labute approximate surface area is 114 Å². The summed E-state index contributed by atoms with van der Waals surface area (Å²) in [4.78, 5) is 7.69. The highest BCUT2D eigenvalue weighted by Crippen LogP contribution is 2.31. The summed E-state index contributed by atoms with van der Waals surface area (Å²) in [5.74, 6) is 0.184. The smallest absolute Gasteiger partial charge is 0.152 e. The highest BCUT2D eigenvalue weighted by molar-refractivity contribution is 6.32. The fourth-order valence-electron chi connectivity index (χ4n) is 1.44. The van der Waals surface area contributed by atoms with Crippen molar-refractivity contribution in [1.29, 1.82) is 0 Å². The lowest BCUT2D eigenvalue weighted by atomic mass is 10.2. The first-order valence-electron chi connectivity index (χ1n) is 5.56. The Balaban J connectivity index is 2.31. The molecule has 0 aliphatic heterocycles. The Hall–Kier alpha value is -1.92. The number of nitrogens with zero attached hydrogens (tertiary/aromatic N) is 2. The molecule has 0 atom stereocenters. The number of rotatable bonds is 5. The van der Waals surface area contributed by atoms with Gasteiger partial charge in [-0.2, -0.15) is 0 Å². The number of hydrogen-bond acceptors (Lipinski definition) is 5. The molecule has 5 nitrogen and oxygen atoms in total. The third kappa shape index (κ3) is 3.30. The van der Waals surface area contributed by atoms with E-state index in [2.05, 4.69) is 15.3 Å². The number of nitrogens with one attached hydrogen (secondary N) is 1. The van der Waals surface area contributed by atoms with Gasteiger partial charge in [-0.05, 0) is 12.1 Å². The third-order valence-corrected chi connectivity index (χ3v) is 2.54. The number of hydrogen-bond donors (Lipinski definition) is 2. The molecule has 0 spiro atoms. The Morgan fingerprint density at radius 3 is 3.00 bits per heavy atom. The number of benzene rings is 1. The number of aromatic nitrogens is 2. The van der Waals surface area contributed by atoms with Crippen LogP contribution in [0, 0.1) is 5.82 Å². The van der Waals surface area contributed by atoms with Gasteiger partial charge < -0.3 is 15.8 Å². The minimum atomic E-state index is -0.468. The second-order valence-electron chi connectivity index (χ2n) is 3.59. The van der Waals surface area contributed by atoms with E-state index < -0.39 is 5.82 Å². The molecule has 3 N–H and O–H groups in total. The first-order chi connectivity index (χ1) is 9.22. The highest BCUT2D eigenvalue weighted by atomic mass is 35.5. The van der Waals surface area contributed by atoms with E-state index in [0.717, 1.165) is 0 Å². The fraction of sp³-hybridized carbons (Fsp3) is 0.167. The lowest BCUT2D eigenvalue weighted by molar-refractivity contribution is 0.328. The summed E-state index contributed by atoms with van der Waals surface area (Å²) in [6, 6.07) is 4.50. The molecule has 0 bridgehead atoms. The molecule has 7 heteroatoms. The summed E-state index contributed by atoms with van der Waals surface area (Å²) in [6.45, 7) is 0.625. The maximum atomic E-state index is 13.8. The molecule has 0 aliphatic carbocycles. The van der Waals surface area contributed by atoms with Crippen molar-refractivity contribution in [2.75, 3.05) is 18.5 Å². The zero-order valence-electron chi connectivity index (χ0n) is 9.94. The van der Waals surface area contributed by atoms with Crippen molar-refractivity contribution in [3.63, 3.8) is 0 Å². The number of nitrogens with two attached hydrogens (primary N) is 1. The van der Waals surface area contributed by atoms with Crippen LogP contribution in [0.15, 0.2) is 30.7 Å². The predicted molar refractivity (Wildman–Crippen MR) is 71.3 cm³/mol. The van der Waals surface area contributed by atoms with Crippen molar-refractivity contribution >= 4 is 23.1 Å². The van der Waals surface area contributed by atoms with Gasteiger partial charge in [0, 0.05) is 6.54 Å². The molecule has 2 aromatic rings. The number of anilines is 2. The van der Waals surface area contributed by atoms with E-state index in [1.165, 1.54) is 18.6 Å². The SMILES string of the molecule is NCCOc1cccc(F)c1Nc1ncncc1Cl.